The molecule has 0 aromatic carbocycles. The molecule has 0 aliphatic heterocycles. The molecule has 1 atom stereocenters. The number of hydrogen-bond donors (Lipinski definition) is 1. The molecule has 0 aliphatic rings. The number of allylic oxidation sites excluding steroid dienone is 1. The number of unbranched alkanes of at least 4 members (excludes halogenated alkanes) is 2. The molecule has 0 radical (unpaired) electrons. The van der Waals surface area contributed by atoms with Gasteiger partial charge in [-0.3, -0.25) is 0 Å². The number of alkyl halides is 9. The fraction of sp³-hybridized carbons (Fsp3) is 0.846. The Hall–Kier alpha value is -1.01. The molecule has 0 amide bonds. The first-order chi connectivity index (χ1) is 11.2. The number of hydrogen-bond acceptors (Lipinski definition) is 3. The largest absolute Gasteiger partial charge is 0.483 e. The average molecular weight is 392 g/mol. The van der Waals surface area contributed by atoms with Gasteiger partial charge in [-0.25, -0.2) is 4.74 Å². The number of aliphatic hydroxyl groups excluding tert-OH is 1. The van der Waals surface area contributed by atoms with Crippen LogP contribution in [0.25, 0.3) is 0 Å². The fourth-order valence-corrected chi connectivity index (χ4v) is 1.45. The van der Waals surface area contributed by atoms with Gasteiger partial charge in [-0.2, -0.15) is 39.5 Å². The lowest BCUT2D eigenvalue weighted by atomic mass is 10.1. The Balaban J connectivity index is 4.52. The lowest BCUT2D eigenvalue weighted by Gasteiger charge is -2.30. The monoisotopic (exact) mass is 392 g/mol. The third-order valence-corrected chi connectivity index (χ3v) is 2.80. The van der Waals surface area contributed by atoms with E-state index in [0.717, 1.165) is 0 Å². The lowest BCUT2D eigenvalue weighted by molar-refractivity contribution is -0.488. The molecule has 0 unspecified atom stereocenters. The summed E-state index contributed by atoms with van der Waals surface area (Å²) in [6, 6.07) is 0. The van der Waals surface area contributed by atoms with E-state index in [4.69, 9.17) is 0 Å². The Kier molecular flexibility index (Phi) is 8.71. The van der Waals surface area contributed by atoms with E-state index in [9.17, 15) is 44.6 Å². The number of ether oxygens (including phenoxy) is 2. The first-order valence-corrected chi connectivity index (χ1v) is 6.93. The van der Waals surface area contributed by atoms with Crippen molar-refractivity contribution in [2.45, 2.75) is 56.1 Å². The highest BCUT2D eigenvalue weighted by atomic mass is 19.4. The Bertz CT molecular complexity index is 410. The minimum absolute atomic E-state index is 0.0818. The van der Waals surface area contributed by atoms with E-state index in [1.54, 1.807) is 6.08 Å². The molecule has 0 heterocycles. The second kappa shape index (κ2) is 9.08. The van der Waals surface area contributed by atoms with Gasteiger partial charge in [0.2, 0.25) is 0 Å². The summed E-state index contributed by atoms with van der Waals surface area (Å²) in [6.45, 7) is 0.378. The second-order valence-corrected chi connectivity index (χ2v) is 5.08. The highest BCUT2D eigenvalue weighted by Crippen LogP contribution is 2.45. The molecule has 0 saturated heterocycles. The summed E-state index contributed by atoms with van der Waals surface area (Å²) in [7, 11) is 0. The van der Waals surface area contributed by atoms with E-state index in [-0.39, 0.29) is 6.42 Å². The van der Waals surface area contributed by atoms with E-state index < -0.39 is 43.6 Å². The average Bonchev–Trinajstić information content (AvgIpc) is 2.41. The Morgan fingerprint density at radius 3 is 1.96 bits per heavy atom. The minimum atomic E-state index is -6.60. The molecular weight excluding hydrogens is 375 g/mol. The van der Waals surface area contributed by atoms with Gasteiger partial charge in [0.25, 0.3) is 0 Å². The summed E-state index contributed by atoms with van der Waals surface area (Å²) < 4.78 is 118. The molecule has 1 N–H and O–H groups in total. The van der Waals surface area contributed by atoms with Crippen LogP contribution in [0.1, 0.15) is 25.7 Å². The Labute approximate surface area is 137 Å². The van der Waals surface area contributed by atoms with Crippen LogP contribution >= 0.6 is 0 Å². The van der Waals surface area contributed by atoms with Gasteiger partial charge < -0.3 is 9.84 Å². The highest BCUT2D eigenvalue weighted by Gasteiger charge is 2.70. The zero-order chi connectivity index (χ0) is 19.9. The van der Waals surface area contributed by atoms with Gasteiger partial charge in [-0.15, -0.1) is 6.58 Å². The zero-order valence-corrected chi connectivity index (χ0v) is 12.8. The van der Waals surface area contributed by atoms with Gasteiger partial charge >= 0.3 is 24.3 Å². The van der Waals surface area contributed by atoms with Crippen LogP contribution in [-0.4, -0.2) is 48.7 Å². The number of rotatable bonds is 12. The summed E-state index contributed by atoms with van der Waals surface area (Å²) in [5, 5.41) is 9.36. The molecule has 0 aromatic rings. The van der Waals surface area contributed by atoms with Gasteiger partial charge in [0, 0.05) is 0 Å². The third kappa shape index (κ3) is 7.82. The minimum Gasteiger partial charge on any atom is -0.391 e. The van der Waals surface area contributed by atoms with E-state index >= 15 is 0 Å². The van der Waals surface area contributed by atoms with E-state index in [1.165, 1.54) is 0 Å². The summed E-state index contributed by atoms with van der Waals surface area (Å²) in [5.74, 6) is -5.48. The Morgan fingerprint density at radius 2 is 1.48 bits per heavy atom. The van der Waals surface area contributed by atoms with Gasteiger partial charge in [-0.05, 0) is 19.3 Å². The normalized spacial score (nSPS) is 15.3. The zero-order valence-electron chi connectivity index (χ0n) is 12.8. The summed E-state index contributed by atoms with van der Waals surface area (Å²) in [4.78, 5) is 0. The summed E-state index contributed by atoms with van der Waals surface area (Å²) >= 11 is 0. The fourth-order valence-electron chi connectivity index (χ4n) is 1.45. The topological polar surface area (TPSA) is 38.7 Å². The molecular formula is C13H17F9O3. The third-order valence-electron chi connectivity index (χ3n) is 2.80. The van der Waals surface area contributed by atoms with Crippen molar-refractivity contribution in [3.8, 4) is 0 Å². The highest BCUT2D eigenvalue weighted by molar-refractivity contribution is 4.80. The van der Waals surface area contributed by atoms with Crippen molar-refractivity contribution >= 4 is 0 Å². The van der Waals surface area contributed by atoms with Crippen LogP contribution in [0.2, 0.25) is 0 Å². The predicted molar refractivity (Wildman–Crippen MR) is 67.5 cm³/mol. The molecule has 0 saturated carbocycles. The van der Waals surface area contributed by atoms with E-state index in [2.05, 4.69) is 11.3 Å². The van der Waals surface area contributed by atoms with E-state index in [0.29, 0.717) is 19.3 Å². The Morgan fingerprint density at radius 1 is 0.920 bits per heavy atom. The van der Waals surface area contributed by atoms with Crippen molar-refractivity contribution < 1.29 is 54.1 Å². The van der Waals surface area contributed by atoms with Gasteiger partial charge in [0.15, 0.2) is 0 Å². The molecule has 0 aliphatic carbocycles. The van der Waals surface area contributed by atoms with E-state index in [1.807, 2.05) is 4.74 Å². The standard InChI is InChI=1S/C13H17F9O3/c1-2-3-4-5-6-9(23)7-24-8-10(14,15)12(19,20)25-13(21,22)11(16,17)18/h2,9,23H,1,3-8H2/t9-/m1/s1. The van der Waals surface area contributed by atoms with Crippen LogP contribution in [-0.2, 0) is 9.47 Å². The van der Waals surface area contributed by atoms with Crippen molar-refractivity contribution in [2.24, 2.45) is 0 Å². The molecule has 25 heavy (non-hydrogen) atoms. The molecule has 0 rings (SSSR count). The molecule has 0 spiro atoms. The van der Waals surface area contributed by atoms with Crippen LogP contribution in [0.5, 0.6) is 0 Å². The molecule has 0 bridgehead atoms. The van der Waals surface area contributed by atoms with Crippen molar-refractivity contribution in [3.63, 3.8) is 0 Å². The molecule has 12 heteroatoms. The maximum Gasteiger partial charge on any atom is 0.483 e. The van der Waals surface area contributed by atoms with Gasteiger partial charge in [-0.1, -0.05) is 12.5 Å². The van der Waals surface area contributed by atoms with Gasteiger partial charge in [0.1, 0.15) is 6.61 Å². The van der Waals surface area contributed by atoms with Crippen LogP contribution in [0.3, 0.4) is 0 Å². The molecule has 0 fully saturated rings. The summed E-state index contributed by atoms with van der Waals surface area (Å²) in [6.07, 6.45) is -17.2. The first kappa shape index (κ1) is 24.0. The number of halogens is 9. The van der Waals surface area contributed by atoms with Crippen LogP contribution in [0.4, 0.5) is 39.5 Å². The van der Waals surface area contributed by atoms with Crippen molar-refractivity contribution in [1.29, 1.82) is 0 Å². The number of aliphatic hydroxyl groups is 1. The van der Waals surface area contributed by atoms with Crippen molar-refractivity contribution in [3.05, 3.63) is 12.7 Å². The van der Waals surface area contributed by atoms with Crippen LogP contribution < -0.4 is 0 Å². The first-order valence-electron chi connectivity index (χ1n) is 6.93. The molecule has 150 valence electrons. The SMILES string of the molecule is C=CCCCC[C@@H](O)COCC(F)(F)C(F)(F)OC(F)(F)C(F)(F)F. The van der Waals surface area contributed by atoms with Crippen LogP contribution in [0.15, 0.2) is 12.7 Å². The summed E-state index contributed by atoms with van der Waals surface area (Å²) in [5.41, 5.74) is 0. The maximum absolute atomic E-state index is 13.1. The quantitative estimate of drug-likeness (QED) is 0.302. The molecule has 0 aromatic heterocycles. The van der Waals surface area contributed by atoms with Crippen LogP contribution in [0, 0.1) is 0 Å². The predicted octanol–water partition coefficient (Wildman–Crippen LogP) is 4.51. The maximum atomic E-state index is 13.1. The van der Waals surface area contributed by atoms with Crippen molar-refractivity contribution in [2.75, 3.05) is 13.2 Å². The molecule has 3 nitrogen and oxygen atoms in total. The smallest absolute Gasteiger partial charge is 0.391 e. The van der Waals surface area contributed by atoms with Crippen molar-refractivity contribution in [1.82, 2.24) is 0 Å². The second-order valence-electron chi connectivity index (χ2n) is 5.08. The lowest BCUT2D eigenvalue weighted by Crippen LogP contribution is -2.53. The van der Waals surface area contributed by atoms with Gasteiger partial charge in [0.05, 0.1) is 12.7 Å².